The third-order valence-electron chi connectivity index (χ3n) is 6.84. The number of hydrogen-bond donors (Lipinski definition) is 8. The van der Waals surface area contributed by atoms with E-state index in [-0.39, 0.29) is 25.0 Å². The molecule has 0 fully saturated rings. The Kier molecular flexibility index (Phi) is 13.6. The molecule has 0 aliphatic rings. The van der Waals surface area contributed by atoms with Crippen LogP contribution in [0.2, 0.25) is 0 Å². The average molecular weight is 617 g/mol. The first-order chi connectivity index (χ1) is 20.7. The third-order valence-corrected chi connectivity index (χ3v) is 6.84. The molecular weight excluding hydrogens is 576 g/mol. The molecule has 0 bridgehead atoms. The van der Waals surface area contributed by atoms with Crippen LogP contribution in [0, 0.1) is 5.92 Å². The van der Waals surface area contributed by atoms with E-state index in [4.69, 9.17) is 0 Å². The van der Waals surface area contributed by atoms with Gasteiger partial charge in [-0.2, -0.15) is 0 Å². The quantitative estimate of drug-likeness (QED) is 0.0967. The first-order valence-corrected chi connectivity index (χ1v) is 14.1. The minimum absolute atomic E-state index is 0.0373. The Morgan fingerprint density at radius 1 is 0.773 bits per heavy atom. The van der Waals surface area contributed by atoms with Crippen molar-refractivity contribution in [3.8, 4) is 0 Å². The van der Waals surface area contributed by atoms with Crippen molar-refractivity contribution in [3.05, 3.63) is 54.1 Å². The molecule has 0 saturated carbocycles. The Morgan fingerprint density at radius 2 is 1.30 bits per heavy atom. The van der Waals surface area contributed by atoms with Gasteiger partial charge in [0.2, 0.25) is 23.6 Å². The van der Waals surface area contributed by atoms with E-state index in [1.807, 2.05) is 0 Å². The molecule has 0 aliphatic heterocycles. The number of aromatic amines is 1. The van der Waals surface area contributed by atoms with Crippen molar-refractivity contribution < 1.29 is 44.1 Å². The fourth-order valence-corrected chi connectivity index (χ4v) is 4.17. The lowest BCUT2D eigenvalue weighted by Crippen LogP contribution is -2.61. The highest BCUT2D eigenvalue weighted by atomic mass is 16.4. The second-order valence-corrected chi connectivity index (χ2v) is 10.4. The standard InChI is InChI=1S/C29H40N6O9/c1-5-22(38)20(12-19-13-30-14-31-19)32-27(41)23(16(3)36)35-28(42)24(17(4)37)34-26(40)15(2)25(39)33-21(29(43)44)11-18-9-7-6-8-10-18/h6-10,13-17,20-21,23-24,36-37H,5,11-12H2,1-4H3,(H,30,31)(H,32,41)(H,33,39)(H,34,40)(H,35,42)(H,43,44)/t15-,16+,17-,20+,21+,23+,24+/m1/s1. The molecule has 0 aliphatic carbocycles. The number of carboxylic acid groups (broad SMARTS) is 1. The summed E-state index contributed by atoms with van der Waals surface area (Å²) in [6.07, 6.45) is 0.0875. The van der Waals surface area contributed by atoms with Crippen LogP contribution in [-0.2, 0) is 41.6 Å². The van der Waals surface area contributed by atoms with Crippen LogP contribution in [-0.4, -0.2) is 97.0 Å². The summed E-state index contributed by atoms with van der Waals surface area (Å²) in [6, 6.07) is 2.98. The number of benzene rings is 1. The molecule has 15 nitrogen and oxygen atoms in total. The van der Waals surface area contributed by atoms with E-state index >= 15 is 0 Å². The predicted molar refractivity (Wildman–Crippen MR) is 156 cm³/mol. The number of carbonyl (C=O) groups excluding carboxylic acids is 5. The number of ketones is 1. The van der Waals surface area contributed by atoms with Crippen molar-refractivity contribution in [2.45, 2.75) is 83.3 Å². The van der Waals surface area contributed by atoms with Crippen molar-refractivity contribution in [2.75, 3.05) is 0 Å². The third kappa shape index (κ3) is 10.6. The van der Waals surface area contributed by atoms with E-state index in [2.05, 4.69) is 31.2 Å². The second-order valence-electron chi connectivity index (χ2n) is 10.4. The number of carboxylic acids is 1. The van der Waals surface area contributed by atoms with Crippen LogP contribution in [0.5, 0.6) is 0 Å². The van der Waals surface area contributed by atoms with Gasteiger partial charge in [0.05, 0.1) is 24.6 Å². The second kappa shape index (κ2) is 16.9. The lowest BCUT2D eigenvalue weighted by atomic mass is 10.0. The first-order valence-electron chi connectivity index (χ1n) is 14.1. The molecule has 2 aromatic rings. The summed E-state index contributed by atoms with van der Waals surface area (Å²) in [7, 11) is 0. The summed E-state index contributed by atoms with van der Waals surface area (Å²) in [6.45, 7) is 5.23. The van der Waals surface area contributed by atoms with Gasteiger partial charge in [-0.15, -0.1) is 0 Å². The summed E-state index contributed by atoms with van der Waals surface area (Å²) in [4.78, 5) is 82.7. The fraction of sp³-hybridized carbons (Fsp3) is 0.483. The molecule has 1 aromatic carbocycles. The van der Waals surface area contributed by atoms with Gasteiger partial charge in [0.1, 0.15) is 24.0 Å². The summed E-state index contributed by atoms with van der Waals surface area (Å²) in [5.41, 5.74) is 1.21. The van der Waals surface area contributed by atoms with Crippen molar-refractivity contribution >= 4 is 35.4 Å². The number of amides is 4. The Morgan fingerprint density at radius 3 is 1.80 bits per heavy atom. The predicted octanol–water partition coefficient (Wildman–Crippen LogP) is -1.40. The molecule has 2 rings (SSSR count). The molecule has 15 heteroatoms. The molecule has 240 valence electrons. The molecule has 1 heterocycles. The Balaban J connectivity index is 2.09. The monoisotopic (exact) mass is 616 g/mol. The zero-order chi connectivity index (χ0) is 33.0. The lowest BCUT2D eigenvalue weighted by Gasteiger charge is -2.28. The van der Waals surface area contributed by atoms with Gasteiger partial charge in [-0.3, -0.25) is 24.0 Å². The fourth-order valence-electron chi connectivity index (χ4n) is 4.17. The van der Waals surface area contributed by atoms with E-state index in [1.54, 1.807) is 37.3 Å². The van der Waals surface area contributed by atoms with Gasteiger partial charge in [0.25, 0.3) is 0 Å². The van der Waals surface area contributed by atoms with Crippen LogP contribution in [0.15, 0.2) is 42.9 Å². The minimum atomic E-state index is -1.66. The number of aliphatic hydroxyl groups is 2. The van der Waals surface area contributed by atoms with Crippen LogP contribution in [0.4, 0.5) is 0 Å². The molecule has 0 unspecified atom stereocenters. The normalized spacial score (nSPS) is 15.8. The number of carbonyl (C=O) groups is 6. The SMILES string of the molecule is CCC(=O)[C@H](Cc1cnc[nH]1)NC(=O)[C@@H](NC(=O)[C@@H](NC(=O)[C@H](C)C(=O)N[C@@H](Cc1ccccc1)C(=O)O)[C@@H](C)O)[C@H](C)O. The molecule has 0 spiro atoms. The first kappa shape index (κ1) is 35.6. The number of hydrogen-bond acceptors (Lipinski definition) is 9. The van der Waals surface area contributed by atoms with E-state index in [9.17, 15) is 44.1 Å². The molecular formula is C29H40N6O9. The molecule has 0 radical (unpaired) electrons. The zero-order valence-electron chi connectivity index (χ0n) is 24.9. The number of imidazole rings is 1. The van der Waals surface area contributed by atoms with Crippen molar-refractivity contribution in [1.82, 2.24) is 31.2 Å². The van der Waals surface area contributed by atoms with E-state index < -0.39 is 71.9 Å². The lowest BCUT2D eigenvalue weighted by molar-refractivity contribution is -0.144. The number of H-pyrrole nitrogens is 1. The number of rotatable bonds is 17. The van der Waals surface area contributed by atoms with E-state index in [0.717, 1.165) is 0 Å². The van der Waals surface area contributed by atoms with Crippen LogP contribution in [0.25, 0.3) is 0 Å². The highest BCUT2D eigenvalue weighted by Crippen LogP contribution is 2.08. The van der Waals surface area contributed by atoms with Gasteiger partial charge >= 0.3 is 5.97 Å². The van der Waals surface area contributed by atoms with Crippen molar-refractivity contribution in [1.29, 1.82) is 0 Å². The highest BCUT2D eigenvalue weighted by Gasteiger charge is 2.35. The smallest absolute Gasteiger partial charge is 0.326 e. The van der Waals surface area contributed by atoms with Crippen LogP contribution >= 0.6 is 0 Å². The minimum Gasteiger partial charge on any atom is -0.480 e. The highest BCUT2D eigenvalue weighted by molar-refractivity contribution is 6.03. The molecule has 7 atom stereocenters. The zero-order valence-corrected chi connectivity index (χ0v) is 24.9. The molecule has 0 saturated heterocycles. The van der Waals surface area contributed by atoms with Gasteiger partial charge in [0.15, 0.2) is 5.78 Å². The number of aromatic nitrogens is 2. The van der Waals surface area contributed by atoms with Gasteiger partial charge in [-0.25, -0.2) is 9.78 Å². The maximum absolute atomic E-state index is 13.1. The number of aliphatic hydroxyl groups excluding tert-OH is 2. The van der Waals surface area contributed by atoms with Crippen LogP contribution in [0.3, 0.4) is 0 Å². The molecule has 4 amide bonds. The summed E-state index contributed by atoms with van der Waals surface area (Å²) in [5.74, 6) is -6.97. The Bertz CT molecular complexity index is 1280. The van der Waals surface area contributed by atoms with Crippen LogP contribution in [0.1, 0.15) is 45.4 Å². The van der Waals surface area contributed by atoms with Gasteiger partial charge in [0, 0.05) is 31.2 Å². The van der Waals surface area contributed by atoms with Gasteiger partial charge < -0.3 is 41.6 Å². The Labute approximate surface area is 254 Å². The molecule has 1 aromatic heterocycles. The number of Topliss-reactive ketones (excluding diaryl/α,β-unsaturated/α-hetero) is 1. The van der Waals surface area contributed by atoms with Crippen LogP contribution < -0.4 is 21.3 Å². The Hall–Kier alpha value is -4.63. The topological polar surface area (TPSA) is 240 Å². The largest absolute Gasteiger partial charge is 0.480 e. The summed E-state index contributed by atoms with van der Waals surface area (Å²) >= 11 is 0. The average Bonchev–Trinajstić information content (AvgIpc) is 3.50. The van der Waals surface area contributed by atoms with E-state index in [1.165, 1.54) is 33.3 Å². The van der Waals surface area contributed by atoms with Gasteiger partial charge in [-0.1, -0.05) is 37.3 Å². The number of nitrogens with one attached hydrogen (secondary N) is 5. The molecule has 8 N–H and O–H groups in total. The number of nitrogens with zero attached hydrogens (tertiary/aromatic N) is 1. The number of aliphatic carboxylic acids is 1. The maximum atomic E-state index is 13.1. The van der Waals surface area contributed by atoms with Crippen molar-refractivity contribution in [3.63, 3.8) is 0 Å². The van der Waals surface area contributed by atoms with Gasteiger partial charge in [-0.05, 0) is 26.3 Å². The van der Waals surface area contributed by atoms with E-state index in [0.29, 0.717) is 11.3 Å². The maximum Gasteiger partial charge on any atom is 0.326 e. The summed E-state index contributed by atoms with van der Waals surface area (Å²) < 4.78 is 0. The summed E-state index contributed by atoms with van der Waals surface area (Å²) in [5, 5.41) is 39.4. The molecule has 44 heavy (non-hydrogen) atoms. The van der Waals surface area contributed by atoms with Crippen molar-refractivity contribution in [2.24, 2.45) is 5.92 Å².